The van der Waals surface area contributed by atoms with Crippen molar-refractivity contribution in [1.82, 2.24) is 4.57 Å². The Hall–Kier alpha value is -2.56. The van der Waals surface area contributed by atoms with Crippen LogP contribution in [0.4, 0.5) is 0 Å². The quantitative estimate of drug-likeness (QED) is 0.900. The number of amides is 1. The molecule has 2 N–H and O–H groups in total. The Morgan fingerprint density at radius 2 is 1.79 bits per heavy atom. The van der Waals surface area contributed by atoms with Gasteiger partial charge in [0.1, 0.15) is 5.75 Å². The molecule has 0 aliphatic rings. The normalized spacial score (nSPS) is 10.2. The second kappa shape index (κ2) is 4.97. The van der Waals surface area contributed by atoms with E-state index >= 15 is 0 Å². The van der Waals surface area contributed by atoms with Gasteiger partial charge in [-0.2, -0.15) is 0 Å². The summed E-state index contributed by atoms with van der Waals surface area (Å²) >= 11 is 0. The number of primary amides is 1. The minimum Gasteiger partial charge on any atom is -0.497 e. The van der Waals surface area contributed by atoms with Crippen molar-refractivity contribution >= 4 is 5.91 Å². The van der Waals surface area contributed by atoms with E-state index < -0.39 is 5.91 Å². The zero-order chi connectivity index (χ0) is 14.0. The van der Waals surface area contributed by atoms with Crippen LogP contribution in [0.2, 0.25) is 0 Å². The van der Waals surface area contributed by atoms with Gasteiger partial charge in [-0.1, -0.05) is 0 Å². The number of hydrogen-bond donors (Lipinski definition) is 1. The molecule has 1 heterocycles. The Kier molecular flexibility index (Phi) is 3.37. The molecule has 1 aromatic carbocycles. The van der Waals surface area contributed by atoms with Crippen molar-refractivity contribution in [3.63, 3.8) is 0 Å². The lowest BCUT2D eigenvalue weighted by molar-refractivity contribution is 0.0999. The van der Waals surface area contributed by atoms with Crippen molar-refractivity contribution < 1.29 is 9.53 Å². The number of carbonyl (C=O) groups excluding carboxylic acids is 1. The van der Waals surface area contributed by atoms with Crippen molar-refractivity contribution in [2.75, 3.05) is 7.11 Å². The molecule has 19 heavy (non-hydrogen) atoms. The zero-order valence-electron chi connectivity index (χ0n) is 10.7. The summed E-state index contributed by atoms with van der Waals surface area (Å²) in [5.74, 6) is 0.139. The SMILES string of the molecule is COc1ccc(-n2c(C)c(C(N)=O)ccc2=O)cc1. The molecule has 0 spiro atoms. The van der Waals surface area contributed by atoms with Crippen molar-refractivity contribution in [2.24, 2.45) is 5.73 Å². The highest BCUT2D eigenvalue weighted by molar-refractivity contribution is 5.93. The number of nitrogens with two attached hydrogens (primary N) is 1. The number of hydrogen-bond acceptors (Lipinski definition) is 3. The van der Waals surface area contributed by atoms with Gasteiger partial charge in [0.25, 0.3) is 5.56 Å². The first-order chi connectivity index (χ1) is 9.04. The van der Waals surface area contributed by atoms with Gasteiger partial charge in [-0.05, 0) is 37.3 Å². The maximum Gasteiger partial charge on any atom is 0.255 e. The smallest absolute Gasteiger partial charge is 0.255 e. The van der Waals surface area contributed by atoms with Crippen molar-refractivity contribution in [3.05, 3.63) is 58.0 Å². The van der Waals surface area contributed by atoms with Gasteiger partial charge in [0, 0.05) is 17.4 Å². The van der Waals surface area contributed by atoms with Crippen LogP contribution < -0.4 is 16.0 Å². The average molecular weight is 258 g/mol. The first-order valence-electron chi connectivity index (χ1n) is 5.71. The molecule has 0 atom stereocenters. The van der Waals surface area contributed by atoms with Crippen molar-refractivity contribution in [2.45, 2.75) is 6.92 Å². The molecule has 0 aliphatic carbocycles. The molecule has 0 saturated carbocycles. The van der Waals surface area contributed by atoms with Crippen LogP contribution in [-0.4, -0.2) is 17.6 Å². The summed E-state index contributed by atoms with van der Waals surface area (Å²) in [4.78, 5) is 23.3. The largest absolute Gasteiger partial charge is 0.497 e. The fourth-order valence-electron chi connectivity index (χ4n) is 1.95. The first-order valence-corrected chi connectivity index (χ1v) is 5.71. The molecule has 2 rings (SSSR count). The summed E-state index contributed by atoms with van der Waals surface area (Å²) < 4.78 is 6.51. The summed E-state index contributed by atoms with van der Waals surface area (Å²) in [6, 6.07) is 9.77. The van der Waals surface area contributed by atoms with Crippen LogP contribution in [0, 0.1) is 6.92 Å². The van der Waals surface area contributed by atoms with E-state index in [2.05, 4.69) is 0 Å². The number of ether oxygens (including phenoxy) is 1. The second-order valence-electron chi connectivity index (χ2n) is 4.07. The van der Waals surface area contributed by atoms with E-state index in [1.165, 1.54) is 16.7 Å². The van der Waals surface area contributed by atoms with Crippen LogP contribution in [0.3, 0.4) is 0 Å². The summed E-state index contributed by atoms with van der Waals surface area (Å²) in [6.07, 6.45) is 0. The molecule has 2 aromatic rings. The van der Waals surface area contributed by atoms with Gasteiger partial charge in [0.05, 0.1) is 12.7 Å². The molecule has 0 unspecified atom stereocenters. The molecule has 98 valence electrons. The van der Waals surface area contributed by atoms with E-state index in [4.69, 9.17) is 10.5 Å². The van der Waals surface area contributed by atoms with Crippen LogP contribution in [0.5, 0.6) is 5.75 Å². The van der Waals surface area contributed by atoms with Gasteiger partial charge in [0.15, 0.2) is 0 Å². The average Bonchev–Trinajstić information content (AvgIpc) is 2.39. The van der Waals surface area contributed by atoms with Crippen molar-refractivity contribution in [3.8, 4) is 11.4 Å². The highest BCUT2D eigenvalue weighted by Crippen LogP contribution is 2.16. The van der Waals surface area contributed by atoms with Gasteiger partial charge in [-0.15, -0.1) is 0 Å². The molecule has 5 heteroatoms. The Morgan fingerprint density at radius 1 is 1.16 bits per heavy atom. The Bertz CT molecular complexity index is 672. The molecular weight excluding hydrogens is 244 g/mol. The van der Waals surface area contributed by atoms with E-state index in [9.17, 15) is 9.59 Å². The molecule has 5 nitrogen and oxygen atoms in total. The van der Waals surface area contributed by atoms with Gasteiger partial charge >= 0.3 is 0 Å². The van der Waals surface area contributed by atoms with Crippen LogP contribution >= 0.6 is 0 Å². The number of benzene rings is 1. The number of rotatable bonds is 3. The highest BCUT2D eigenvalue weighted by atomic mass is 16.5. The molecular formula is C14H14N2O3. The topological polar surface area (TPSA) is 74.3 Å². The molecule has 0 radical (unpaired) electrons. The van der Waals surface area contributed by atoms with Gasteiger partial charge in [0.2, 0.25) is 5.91 Å². The van der Waals surface area contributed by atoms with Crippen LogP contribution in [0.25, 0.3) is 5.69 Å². The fourth-order valence-corrected chi connectivity index (χ4v) is 1.95. The second-order valence-corrected chi connectivity index (χ2v) is 4.07. The first kappa shape index (κ1) is 12.9. The lowest BCUT2D eigenvalue weighted by Gasteiger charge is -2.12. The molecule has 1 amide bonds. The van der Waals surface area contributed by atoms with Crippen LogP contribution in [0.1, 0.15) is 16.1 Å². The predicted octanol–water partition coefficient (Wildman–Crippen LogP) is 1.25. The maximum absolute atomic E-state index is 11.9. The molecule has 0 fully saturated rings. The van der Waals surface area contributed by atoms with Gasteiger partial charge in [-0.3, -0.25) is 14.2 Å². The maximum atomic E-state index is 11.9. The number of pyridine rings is 1. The van der Waals surface area contributed by atoms with E-state index in [-0.39, 0.29) is 5.56 Å². The molecule has 0 aliphatic heterocycles. The molecule has 1 aromatic heterocycles. The van der Waals surface area contributed by atoms with Crippen molar-refractivity contribution in [1.29, 1.82) is 0 Å². The van der Waals surface area contributed by atoms with E-state index in [0.29, 0.717) is 22.7 Å². The third-order valence-corrected chi connectivity index (χ3v) is 2.93. The number of carbonyl (C=O) groups is 1. The minimum atomic E-state index is -0.556. The Labute approximate surface area is 110 Å². The Balaban J connectivity index is 2.63. The molecule has 0 saturated heterocycles. The van der Waals surface area contributed by atoms with Gasteiger partial charge in [-0.25, -0.2) is 0 Å². The standard InChI is InChI=1S/C14H14N2O3/c1-9-12(14(15)18)7-8-13(17)16(9)10-3-5-11(19-2)6-4-10/h3-8H,1-2H3,(H2,15,18). The van der Waals surface area contributed by atoms with E-state index in [1.807, 2.05) is 0 Å². The number of methoxy groups -OCH3 is 1. The van der Waals surface area contributed by atoms with Crippen LogP contribution in [-0.2, 0) is 0 Å². The lowest BCUT2D eigenvalue weighted by atomic mass is 10.1. The zero-order valence-corrected chi connectivity index (χ0v) is 10.7. The summed E-state index contributed by atoms with van der Waals surface area (Å²) in [5.41, 5.74) is 6.57. The highest BCUT2D eigenvalue weighted by Gasteiger charge is 2.11. The predicted molar refractivity (Wildman–Crippen MR) is 71.8 cm³/mol. The summed E-state index contributed by atoms with van der Waals surface area (Å²) in [6.45, 7) is 1.69. The third kappa shape index (κ3) is 2.35. The van der Waals surface area contributed by atoms with Gasteiger partial charge < -0.3 is 10.5 Å². The monoisotopic (exact) mass is 258 g/mol. The summed E-state index contributed by atoms with van der Waals surface area (Å²) in [7, 11) is 1.57. The summed E-state index contributed by atoms with van der Waals surface area (Å²) in [5, 5.41) is 0. The third-order valence-electron chi connectivity index (χ3n) is 2.93. The fraction of sp³-hybridized carbons (Fsp3) is 0.143. The minimum absolute atomic E-state index is 0.215. The Morgan fingerprint density at radius 3 is 2.32 bits per heavy atom. The number of aromatic nitrogens is 1. The lowest BCUT2D eigenvalue weighted by Crippen LogP contribution is -2.24. The van der Waals surface area contributed by atoms with E-state index in [1.54, 1.807) is 38.3 Å². The number of nitrogens with zero attached hydrogens (tertiary/aromatic N) is 1. The van der Waals surface area contributed by atoms with Crippen LogP contribution in [0.15, 0.2) is 41.2 Å². The molecule has 0 bridgehead atoms. The van der Waals surface area contributed by atoms with E-state index in [0.717, 1.165) is 0 Å².